The van der Waals surface area contributed by atoms with Crippen LogP contribution in [0.25, 0.3) is 21.8 Å². The van der Waals surface area contributed by atoms with Crippen molar-refractivity contribution in [2.75, 3.05) is 5.32 Å². The molecule has 0 aliphatic heterocycles. The highest BCUT2D eigenvalue weighted by atomic mass is 15.0. The second-order valence-corrected chi connectivity index (χ2v) is 6.96. The molecular weight excluding hydrogens is 370 g/mol. The van der Waals surface area contributed by atoms with Gasteiger partial charge in [0.25, 0.3) is 0 Å². The predicted octanol–water partition coefficient (Wildman–Crippen LogP) is 5.87. The number of aromatic nitrogens is 3. The first-order chi connectivity index (χ1) is 14.8. The lowest BCUT2D eigenvalue weighted by Crippen LogP contribution is -1.98. The molecule has 2 aromatic carbocycles. The molecule has 0 amide bonds. The van der Waals surface area contributed by atoms with Gasteiger partial charge in [-0.3, -0.25) is 15.0 Å². The molecule has 0 atom stereocenters. The monoisotopic (exact) mass is 389 g/mol. The SMILES string of the molecule is C(Cc1cccc(Nc2cnc3ccccc3c2)n1)=Nc1cnc2ccccc2c1. The summed E-state index contributed by atoms with van der Waals surface area (Å²) in [5.74, 6) is 0.783. The molecule has 0 unspecified atom stereocenters. The van der Waals surface area contributed by atoms with Crippen molar-refractivity contribution in [3.8, 4) is 0 Å². The summed E-state index contributed by atoms with van der Waals surface area (Å²) in [6.45, 7) is 0. The maximum atomic E-state index is 4.68. The molecule has 0 saturated carbocycles. The first kappa shape index (κ1) is 17.9. The van der Waals surface area contributed by atoms with Gasteiger partial charge in [0, 0.05) is 29.1 Å². The Kier molecular flexibility index (Phi) is 4.84. The van der Waals surface area contributed by atoms with Crippen molar-refractivity contribution >= 4 is 45.2 Å². The van der Waals surface area contributed by atoms with Crippen LogP contribution in [0.2, 0.25) is 0 Å². The van der Waals surface area contributed by atoms with E-state index in [4.69, 9.17) is 0 Å². The topological polar surface area (TPSA) is 63.1 Å². The lowest BCUT2D eigenvalue weighted by molar-refractivity contribution is 1.15. The highest BCUT2D eigenvalue weighted by Gasteiger charge is 2.01. The van der Waals surface area contributed by atoms with Crippen molar-refractivity contribution in [3.05, 3.63) is 97.0 Å². The smallest absolute Gasteiger partial charge is 0.130 e. The lowest BCUT2D eigenvalue weighted by atomic mass is 10.2. The van der Waals surface area contributed by atoms with Gasteiger partial charge in [-0.2, -0.15) is 0 Å². The predicted molar refractivity (Wildman–Crippen MR) is 123 cm³/mol. The van der Waals surface area contributed by atoms with Gasteiger partial charge < -0.3 is 5.32 Å². The molecule has 5 nitrogen and oxygen atoms in total. The third-order valence-electron chi connectivity index (χ3n) is 4.79. The molecule has 5 aromatic rings. The molecule has 0 aliphatic rings. The lowest BCUT2D eigenvalue weighted by Gasteiger charge is -2.07. The van der Waals surface area contributed by atoms with Gasteiger partial charge in [0.2, 0.25) is 0 Å². The molecule has 5 rings (SSSR count). The Morgan fingerprint density at radius 1 is 0.767 bits per heavy atom. The average Bonchev–Trinajstić information content (AvgIpc) is 2.79. The van der Waals surface area contributed by atoms with Gasteiger partial charge in [-0.05, 0) is 36.4 Å². The third-order valence-corrected chi connectivity index (χ3v) is 4.79. The minimum absolute atomic E-state index is 0.637. The number of hydrogen-bond acceptors (Lipinski definition) is 5. The fourth-order valence-electron chi connectivity index (χ4n) is 3.32. The Hall–Kier alpha value is -4.12. The van der Waals surface area contributed by atoms with E-state index in [1.807, 2.05) is 79.1 Å². The Morgan fingerprint density at radius 2 is 1.50 bits per heavy atom. The Balaban J connectivity index is 1.29. The number of nitrogens with one attached hydrogen (secondary N) is 1. The number of nitrogens with zero attached hydrogens (tertiary/aromatic N) is 4. The summed E-state index contributed by atoms with van der Waals surface area (Å²) in [6, 6.07) is 26.1. The molecule has 3 heterocycles. The van der Waals surface area contributed by atoms with Crippen molar-refractivity contribution in [1.29, 1.82) is 0 Å². The minimum Gasteiger partial charge on any atom is -0.339 e. The van der Waals surface area contributed by atoms with Crippen LogP contribution in [0.5, 0.6) is 0 Å². The Morgan fingerprint density at radius 3 is 2.33 bits per heavy atom. The van der Waals surface area contributed by atoms with Gasteiger partial charge in [0.1, 0.15) is 5.82 Å². The summed E-state index contributed by atoms with van der Waals surface area (Å²) in [7, 11) is 0. The summed E-state index contributed by atoms with van der Waals surface area (Å²) >= 11 is 0. The maximum absolute atomic E-state index is 4.68. The van der Waals surface area contributed by atoms with Gasteiger partial charge in [0.05, 0.1) is 34.8 Å². The van der Waals surface area contributed by atoms with E-state index < -0.39 is 0 Å². The standard InChI is InChI=1S/C25H19N5/c1-3-9-23-18(6-1)14-21(16-27-23)26-13-12-20-8-5-11-25(29-20)30-22-15-19-7-2-4-10-24(19)28-17-22/h1-11,13-17H,12H2,(H,29,30). The highest BCUT2D eigenvalue weighted by Crippen LogP contribution is 2.20. The molecule has 0 saturated heterocycles. The van der Waals surface area contributed by atoms with Crippen LogP contribution < -0.4 is 5.32 Å². The molecule has 0 bridgehead atoms. The zero-order valence-electron chi connectivity index (χ0n) is 16.2. The first-order valence-corrected chi connectivity index (χ1v) is 9.79. The van der Waals surface area contributed by atoms with Crippen LogP contribution in [0.1, 0.15) is 5.69 Å². The minimum atomic E-state index is 0.637. The molecule has 30 heavy (non-hydrogen) atoms. The highest BCUT2D eigenvalue weighted by molar-refractivity contribution is 5.83. The van der Waals surface area contributed by atoms with Crippen LogP contribution in [0, 0.1) is 0 Å². The van der Waals surface area contributed by atoms with Crippen LogP contribution in [-0.4, -0.2) is 21.2 Å². The van der Waals surface area contributed by atoms with Gasteiger partial charge in [-0.25, -0.2) is 4.98 Å². The second kappa shape index (κ2) is 8.09. The number of fused-ring (bicyclic) bond motifs is 2. The summed E-state index contributed by atoms with van der Waals surface area (Å²) in [5, 5.41) is 5.51. The number of anilines is 2. The van der Waals surface area contributed by atoms with E-state index in [9.17, 15) is 0 Å². The van der Waals surface area contributed by atoms with E-state index in [0.29, 0.717) is 6.42 Å². The third kappa shape index (κ3) is 4.00. The van der Waals surface area contributed by atoms with Crippen molar-refractivity contribution in [2.24, 2.45) is 4.99 Å². The summed E-state index contributed by atoms with van der Waals surface area (Å²) in [6.07, 6.45) is 6.12. The molecule has 0 radical (unpaired) electrons. The Labute approximate surface area is 174 Å². The fraction of sp³-hybridized carbons (Fsp3) is 0.0400. The molecule has 0 spiro atoms. The summed E-state index contributed by atoms with van der Waals surface area (Å²) in [4.78, 5) is 18.2. The van der Waals surface area contributed by atoms with E-state index in [0.717, 1.165) is 44.7 Å². The van der Waals surface area contributed by atoms with Crippen LogP contribution >= 0.6 is 0 Å². The van der Waals surface area contributed by atoms with E-state index in [2.05, 4.69) is 37.4 Å². The Bertz CT molecular complexity index is 1360. The largest absolute Gasteiger partial charge is 0.339 e. The quantitative estimate of drug-likeness (QED) is 0.382. The fourth-order valence-corrected chi connectivity index (χ4v) is 3.32. The van der Waals surface area contributed by atoms with Gasteiger partial charge in [0.15, 0.2) is 0 Å². The maximum Gasteiger partial charge on any atom is 0.130 e. The van der Waals surface area contributed by atoms with E-state index in [1.54, 1.807) is 6.20 Å². The zero-order chi connectivity index (χ0) is 20.2. The van der Waals surface area contributed by atoms with Crippen molar-refractivity contribution < 1.29 is 0 Å². The van der Waals surface area contributed by atoms with E-state index in [-0.39, 0.29) is 0 Å². The average molecular weight is 389 g/mol. The second-order valence-electron chi connectivity index (χ2n) is 6.96. The molecule has 1 N–H and O–H groups in total. The number of pyridine rings is 3. The van der Waals surface area contributed by atoms with Gasteiger partial charge >= 0.3 is 0 Å². The van der Waals surface area contributed by atoms with Crippen LogP contribution in [-0.2, 0) is 6.42 Å². The number of rotatable bonds is 5. The van der Waals surface area contributed by atoms with Crippen molar-refractivity contribution in [1.82, 2.24) is 15.0 Å². The van der Waals surface area contributed by atoms with Gasteiger partial charge in [-0.1, -0.05) is 42.5 Å². The van der Waals surface area contributed by atoms with Crippen LogP contribution in [0.15, 0.2) is 96.2 Å². The van der Waals surface area contributed by atoms with Crippen molar-refractivity contribution in [3.63, 3.8) is 0 Å². The van der Waals surface area contributed by atoms with Crippen LogP contribution in [0.3, 0.4) is 0 Å². The molecule has 5 heteroatoms. The zero-order valence-corrected chi connectivity index (χ0v) is 16.2. The summed E-state index contributed by atoms with van der Waals surface area (Å²) in [5.41, 5.74) is 4.63. The molecular formula is C25H19N5. The molecule has 0 fully saturated rings. The molecule has 0 aliphatic carbocycles. The number of benzene rings is 2. The first-order valence-electron chi connectivity index (χ1n) is 9.79. The van der Waals surface area contributed by atoms with E-state index in [1.165, 1.54) is 0 Å². The molecule has 3 aromatic heterocycles. The van der Waals surface area contributed by atoms with Crippen LogP contribution in [0.4, 0.5) is 17.2 Å². The number of para-hydroxylation sites is 2. The van der Waals surface area contributed by atoms with Gasteiger partial charge in [-0.15, -0.1) is 0 Å². The number of hydrogen-bond donors (Lipinski definition) is 1. The summed E-state index contributed by atoms with van der Waals surface area (Å²) < 4.78 is 0. The normalized spacial score (nSPS) is 11.3. The van der Waals surface area contributed by atoms with E-state index >= 15 is 0 Å². The number of aliphatic imine (C=N–C) groups is 1. The molecule has 144 valence electrons. The van der Waals surface area contributed by atoms with Crippen molar-refractivity contribution in [2.45, 2.75) is 6.42 Å².